The van der Waals surface area contributed by atoms with Crippen LogP contribution in [0, 0.1) is 13.8 Å². The van der Waals surface area contributed by atoms with Crippen molar-refractivity contribution in [1.82, 2.24) is 4.98 Å². The van der Waals surface area contributed by atoms with E-state index in [9.17, 15) is 4.79 Å². The van der Waals surface area contributed by atoms with Gasteiger partial charge in [0.05, 0.1) is 11.3 Å². The Balaban J connectivity index is 1.79. The first-order valence-corrected chi connectivity index (χ1v) is 8.80. The standard InChI is InChI=1S/C21H18ClN3O/c1-13-5-8-16(9-6-13)25-20(19-17(21(25)26)4-3-11-23-19)24-18-10-7-15(22)12-14(18)2/h3-12,20,24H,1-2H3/t20-/m0/s1. The van der Waals surface area contributed by atoms with Crippen LogP contribution in [0.15, 0.2) is 60.8 Å². The fourth-order valence-corrected chi connectivity index (χ4v) is 3.45. The molecule has 1 aromatic heterocycles. The molecule has 0 bridgehead atoms. The highest BCUT2D eigenvalue weighted by atomic mass is 35.5. The molecule has 1 N–H and O–H groups in total. The molecule has 4 rings (SSSR count). The largest absolute Gasteiger partial charge is 0.360 e. The van der Waals surface area contributed by atoms with Crippen molar-refractivity contribution in [2.45, 2.75) is 20.0 Å². The molecule has 3 aromatic rings. The van der Waals surface area contributed by atoms with Crippen molar-refractivity contribution in [2.75, 3.05) is 10.2 Å². The van der Waals surface area contributed by atoms with Gasteiger partial charge in [-0.25, -0.2) is 0 Å². The van der Waals surface area contributed by atoms with Gasteiger partial charge in [-0.05, 0) is 61.9 Å². The fourth-order valence-electron chi connectivity index (χ4n) is 3.23. The quantitative estimate of drug-likeness (QED) is 0.702. The first-order valence-electron chi connectivity index (χ1n) is 8.42. The first kappa shape index (κ1) is 16.6. The van der Waals surface area contributed by atoms with Crippen LogP contribution >= 0.6 is 11.6 Å². The Morgan fingerprint density at radius 2 is 1.85 bits per heavy atom. The predicted molar refractivity (Wildman–Crippen MR) is 105 cm³/mol. The summed E-state index contributed by atoms with van der Waals surface area (Å²) in [6.07, 6.45) is 1.34. The third kappa shape index (κ3) is 2.82. The normalized spacial score (nSPS) is 15.9. The third-order valence-corrected chi connectivity index (χ3v) is 4.83. The van der Waals surface area contributed by atoms with Crippen molar-refractivity contribution < 1.29 is 4.79 Å². The zero-order valence-electron chi connectivity index (χ0n) is 14.5. The van der Waals surface area contributed by atoms with E-state index >= 15 is 0 Å². The molecule has 0 fully saturated rings. The number of carbonyl (C=O) groups excluding carboxylic acids is 1. The number of hydrogen-bond donors (Lipinski definition) is 1. The van der Waals surface area contributed by atoms with Crippen LogP contribution in [0.25, 0.3) is 0 Å². The number of pyridine rings is 1. The summed E-state index contributed by atoms with van der Waals surface area (Å²) in [7, 11) is 0. The number of halogens is 1. The van der Waals surface area contributed by atoms with Crippen LogP contribution in [-0.4, -0.2) is 10.9 Å². The van der Waals surface area contributed by atoms with Gasteiger partial charge in [-0.3, -0.25) is 14.7 Å². The summed E-state index contributed by atoms with van der Waals surface area (Å²) in [6, 6.07) is 17.2. The predicted octanol–water partition coefficient (Wildman–Crippen LogP) is 5.12. The monoisotopic (exact) mass is 363 g/mol. The molecule has 1 aliphatic rings. The second-order valence-electron chi connectivity index (χ2n) is 6.45. The molecule has 0 unspecified atom stereocenters. The molecule has 1 amide bonds. The van der Waals surface area contributed by atoms with Crippen molar-refractivity contribution in [3.05, 3.63) is 88.2 Å². The van der Waals surface area contributed by atoms with Gasteiger partial charge in [0.25, 0.3) is 5.91 Å². The van der Waals surface area contributed by atoms with E-state index in [0.717, 1.165) is 28.2 Å². The molecule has 1 atom stereocenters. The summed E-state index contributed by atoms with van der Waals surface area (Å²) in [5, 5.41) is 4.15. The number of benzene rings is 2. The van der Waals surface area contributed by atoms with Gasteiger partial charge in [0.15, 0.2) is 6.17 Å². The number of amides is 1. The maximum absolute atomic E-state index is 13.0. The minimum atomic E-state index is -0.374. The van der Waals surface area contributed by atoms with E-state index in [1.807, 2.05) is 62.4 Å². The Bertz CT molecular complexity index is 985. The number of nitrogens with zero attached hydrogens (tertiary/aromatic N) is 2. The Hall–Kier alpha value is -2.85. The van der Waals surface area contributed by atoms with Crippen LogP contribution in [0.3, 0.4) is 0 Å². The van der Waals surface area contributed by atoms with E-state index in [1.165, 1.54) is 0 Å². The Labute approximate surface area is 157 Å². The van der Waals surface area contributed by atoms with Gasteiger partial charge < -0.3 is 5.32 Å². The molecule has 26 heavy (non-hydrogen) atoms. The molecular formula is C21H18ClN3O. The average molecular weight is 364 g/mol. The van der Waals surface area contributed by atoms with E-state index < -0.39 is 0 Å². The number of nitrogens with one attached hydrogen (secondary N) is 1. The van der Waals surface area contributed by atoms with Crippen LogP contribution in [0.5, 0.6) is 0 Å². The third-order valence-electron chi connectivity index (χ3n) is 4.60. The van der Waals surface area contributed by atoms with Crippen LogP contribution in [0.4, 0.5) is 11.4 Å². The fraction of sp³-hybridized carbons (Fsp3) is 0.143. The zero-order chi connectivity index (χ0) is 18.3. The lowest BCUT2D eigenvalue weighted by Crippen LogP contribution is -2.32. The lowest BCUT2D eigenvalue weighted by molar-refractivity contribution is 0.0993. The number of anilines is 2. The first-order chi connectivity index (χ1) is 12.5. The minimum Gasteiger partial charge on any atom is -0.360 e. The summed E-state index contributed by atoms with van der Waals surface area (Å²) in [5.41, 5.74) is 5.27. The molecule has 0 radical (unpaired) electrons. The van der Waals surface area contributed by atoms with E-state index in [2.05, 4.69) is 10.3 Å². The Morgan fingerprint density at radius 1 is 1.08 bits per heavy atom. The summed E-state index contributed by atoms with van der Waals surface area (Å²) >= 11 is 6.07. The highest BCUT2D eigenvalue weighted by Gasteiger charge is 2.39. The van der Waals surface area contributed by atoms with E-state index in [-0.39, 0.29) is 12.1 Å². The second kappa shape index (κ2) is 6.46. The van der Waals surface area contributed by atoms with Crippen molar-refractivity contribution >= 4 is 28.9 Å². The van der Waals surface area contributed by atoms with Crippen LogP contribution in [0.1, 0.15) is 33.3 Å². The number of hydrogen-bond acceptors (Lipinski definition) is 3. The van der Waals surface area contributed by atoms with Gasteiger partial charge in [-0.2, -0.15) is 0 Å². The topological polar surface area (TPSA) is 45.2 Å². The van der Waals surface area contributed by atoms with Gasteiger partial charge in [-0.1, -0.05) is 29.3 Å². The number of aryl methyl sites for hydroxylation is 2. The van der Waals surface area contributed by atoms with Gasteiger partial charge >= 0.3 is 0 Å². The molecule has 2 heterocycles. The van der Waals surface area contributed by atoms with E-state index in [4.69, 9.17) is 11.6 Å². The van der Waals surface area contributed by atoms with Gasteiger partial charge in [0, 0.05) is 22.6 Å². The van der Waals surface area contributed by atoms with Crippen LogP contribution < -0.4 is 10.2 Å². The summed E-state index contributed by atoms with van der Waals surface area (Å²) < 4.78 is 0. The minimum absolute atomic E-state index is 0.0546. The second-order valence-corrected chi connectivity index (χ2v) is 6.89. The average Bonchev–Trinajstić information content (AvgIpc) is 2.91. The number of carbonyl (C=O) groups is 1. The van der Waals surface area contributed by atoms with Gasteiger partial charge in [-0.15, -0.1) is 0 Å². The van der Waals surface area contributed by atoms with Gasteiger partial charge in [0.1, 0.15) is 0 Å². The smallest absolute Gasteiger partial charge is 0.262 e. The summed E-state index contributed by atoms with van der Waals surface area (Å²) in [4.78, 5) is 19.3. The molecule has 4 nitrogen and oxygen atoms in total. The maximum Gasteiger partial charge on any atom is 0.262 e. The van der Waals surface area contributed by atoms with E-state index in [0.29, 0.717) is 10.6 Å². The maximum atomic E-state index is 13.0. The summed E-state index contributed by atoms with van der Waals surface area (Å²) in [5.74, 6) is -0.0546. The molecule has 130 valence electrons. The number of aromatic nitrogens is 1. The molecule has 0 saturated carbocycles. The van der Waals surface area contributed by atoms with Crippen molar-refractivity contribution in [1.29, 1.82) is 0 Å². The molecule has 0 saturated heterocycles. The van der Waals surface area contributed by atoms with Crippen molar-refractivity contribution in [2.24, 2.45) is 0 Å². The number of rotatable bonds is 3. The SMILES string of the molecule is Cc1ccc(N2C(=O)c3cccnc3[C@H]2Nc2ccc(Cl)cc2C)cc1. The van der Waals surface area contributed by atoms with Crippen molar-refractivity contribution in [3.8, 4) is 0 Å². The molecule has 0 spiro atoms. The lowest BCUT2D eigenvalue weighted by Gasteiger charge is -2.27. The lowest BCUT2D eigenvalue weighted by atomic mass is 10.1. The molecule has 1 aliphatic heterocycles. The molecular weight excluding hydrogens is 346 g/mol. The van der Waals surface area contributed by atoms with Gasteiger partial charge in [0.2, 0.25) is 0 Å². The molecule has 2 aromatic carbocycles. The molecule has 5 heteroatoms. The van der Waals surface area contributed by atoms with Crippen molar-refractivity contribution in [3.63, 3.8) is 0 Å². The highest BCUT2D eigenvalue weighted by Crippen LogP contribution is 2.37. The zero-order valence-corrected chi connectivity index (χ0v) is 15.3. The molecule has 0 aliphatic carbocycles. The Kier molecular flexibility index (Phi) is 4.13. The Morgan fingerprint density at radius 3 is 2.58 bits per heavy atom. The number of fused-ring (bicyclic) bond motifs is 1. The van der Waals surface area contributed by atoms with Crippen LogP contribution in [-0.2, 0) is 0 Å². The van der Waals surface area contributed by atoms with Crippen LogP contribution in [0.2, 0.25) is 5.02 Å². The van der Waals surface area contributed by atoms with E-state index in [1.54, 1.807) is 17.2 Å². The summed E-state index contributed by atoms with van der Waals surface area (Å²) in [6.45, 7) is 4.01. The highest BCUT2D eigenvalue weighted by molar-refractivity contribution is 6.30.